The number of ether oxygens (including phenoxy) is 1. The molecule has 2 heterocycles. The van der Waals surface area contributed by atoms with Gasteiger partial charge in [0.15, 0.2) is 0 Å². The van der Waals surface area contributed by atoms with Crippen molar-refractivity contribution in [2.75, 3.05) is 0 Å². The van der Waals surface area contributed by atoms with E-state index in [1.165, 1.54) is 0 Å². The summed E-state index contributed by atoms with van der Waals surface area (Å²) in [6.07, 6.45) is 4.26. The first-order valence-corrected chi connectivity index (χ1v) is 4.22. The van der Waals surface area contributed by atoms with Gasteiger partial charge in [-0.25, -0.2) is 0 Å². The molecule has 1 fully saturated rings. The van der Waals surface area contributed by atoms with E-state index in [2.05, 4.69) is 12.2 Å². The predicted molar refractivity (Wildman–Crippen MR) is 42.1 cm³/mol. The highest BCUT2D eigenvalue weighted by molar-refractivity contribution is 5.11. The van der Waals surface area contributed by atoms with Crippen molar-refractivity contribution in [2.24, 2.45) is 11.8 Å². The predicted octanol–water partition coefficient (Wildman–Crippen LogP) is 0.957. The standard InChI is InChI=1S/C9H14O2/c1-5-7-3-4-8(11-7)6(2)9(5)10/h3-10H,1-2H3/t5-,6+,7+,8?,9-/m0/s1. The van der Waals surface area contributed by atoms with Gasteiger partial charge in [0.25, 0.3) is 0 Å². The van der Waals surface area contributed by atoms with Crippen LogP contribution in [-0.2, 0) is 4.74 Å². The Labute approximate surface area is 66.9 Å². The third kappa shape index (κ3) is 0.932. The lowest BCUT2D eigenvalue weighted by atomic mass is 9.86. The van der Waals surface area contributed by atoms with E-state index >= 15 is 0 Å². The van der Waals surface area contributed by atoms with Crippen LogP contribution in [-0.4, -0.2) is 23.4 Å². The van der Waals surface area contributed by atoms with Gasteiger partial charge < -0.3 is 9.84 Å². The SMILES string of the molecule is C[C@@H]1[C@H](O)[C@H](C)C2C=C[C@H]1O2. The third-order valence-electron chi connectivity index (χ3n) is 2.92. The van der Waals surface area contributed by atoms with Crippen molar-refractivity contribution in [1.29, 1.82) is 0 Å². The Kier molecular flexibility index (Phi) is 1.55. The van der Waals surface area contributed by atoms with Crippen molar-refractivity contribution in [2.45, 2.75) is 32.2 Å². The lowest BCUT2D eigenvalue weighted by molar-refractivity contribution is -0.116. The van der Waals surface area contributed by atoms with Crippen LogP contribution in [0.5, 0.6) is 0 Å². The van der Waals surface area contributed by atoms with Crippen molar-refractivity contribution in [3.63, 3.8) is 0 Å². The quantitative estimate of drug-likeness (QED) is 0.526. The van der Waals surface area contributed by atoms with Crippen LogP contribution >= 0.6 is 0 Å². The molecule has 0 saturated carbocycles. The Morgan fingerprint density at radius 1 is 1.09 bits per heavy atom. The van der Waals surface area contributed by atoms with E-state index in [1.54, 1.807) is 0 Å². The lowest BCUT2D eigenvalue weighted by Crippen LogP contribution is -2.44. The molecule has 0 spiro atoms. The maximum atomic E-state index is 9.71. The summed E-state index contributed by atoms with van der Waals surface area (Å²) in [6.45, 7) is 4.08. The van der Waals surface area contributed by atoms with E-state index < -0.39 is 0 Å². The molecule has 2 rings (SSSR count). The van der Waals surface area contributed by atoms with Crippen molar-refractivity contribution in [3.8, 4) is 0 Å². The Hall–Kier alpha value is -0.340. The van der Waals surface area contributed by atoms with Gasteiger partial charge in [0.1, 0.15) is 0 Å². The molecular formula is C9H14O2. The van der Waals surface area contributed by atoms with Gasteiger partial charge in [-0.05, 0) is 0 Å². The van der Waals surface area contributed by atoms with Crippen LogP contribution in [0.2, 0.25) is 0 Å². The molecule has 0 amide bonds. The fourth-order valence-corrected chi connectivity index (χ4v) is 1.96. The van der Waals surface area contributed by atoms with Crippen LogP contribution in [0.25, 0.3) is 0 Å². The van der Waals surface area contributed by atoms with Crippen LogP contribution in [0.4, 0.5) is 0 Å². The molecule has 0 aromatic carbocycles. The first kappa shape index (κ1) is 7.32. The maximum absolute atomic E-state index is 9.71. The topological polar surface area (TPSA) is 29.5 Å². The molecule has 0 aliphatic carbocycles. The molecule has 0 aromatic heterocycles. The van der Waals surface area contributed by atoms with E-state index in [-0.39, 0.29) is 30.1 Å². The van der Waals surface area contributed by atoms with Crippen LogP contribution < -0.4 is 0 Å². The summed E-state index contributed by atoms with van der Waals surface area (Å²) in [5.41, 5.74) is 0. The highest BCUT2D eigenvalue weighted by Crippen LogP contribution is 2.35. The molecule has 2 aliphatic rings. The second-order valence-electron chi connectivity index (χ2n) is 3.66. The molecule has 2 nitrogen and oxygen atoms in total. The number of hydrogen-bond donors (Lipinski definition) is 1. The minimum Gasteiger partial charge on any atom is -0.392 e. The van der Waals surface area contributed by atoms with Gasteiger partial charge in [-0.3, -0.25) is 0 Å². The zero-order valence-electron chi connectivity index (χ0n) is 6.90. The van der Waals surface area contributed by atoms with Crippen molar-refractivity contribution in [3.05, 3.63) is 12.2 Å². The highest BCUT2D eigenvalue weighted by atomic mass is 16.5. The summed E-state index contributed by atoms with van der Waals surface area (Å²) >= 11 is 0. The number of fused-ring (bicyclic) bond motifs is 2. The Morgan fingerprint density at radius 2 is 1.55 bits per heavy atom. The van der Waals surface area contributed by atoms with Crippen LogP contribution in [0, 0.1) is 11.8 Å². The van der Waals surface area contributed by atoms with Gasteiger partial charge in [0.2, 0.25) is 0 Å². The zero-order chi connectivity index (χ0) is 8.01. The average Bonchev–Trinajstić information content (AvgIpc) is 2.44. The highest BCUT2D eigenvalue weighted by Gasteiger charge is 2.41. The van der Waals surface area contributed by atoms with E-state index in [4.69, 9.17) is 4.74 Å². The first-order chi connectivity index (χ1) is 5.20. The largest absolute Gasteiger partial charge is 0.392 e. The molecule has 1 unspecified atom stereocenters. The number of aliphatic hydroxyl groups is 1. The molecule has 2 aliphatic heterocycles. The normalized spacial score (nSPS) is 55.0. The molecular weight excluding hydrogens is 140 g/mol. The molecule has 62 valence electrons. The van der Waals surface area contributed by atoms with Crippen molar-refractivity contribution >= 4 is 0 Å². The second-order valence-corrected chi connectivity index (χ2v) is 3.66. The summed E-state index contributed by atoms with van der Waals surface area (Å²) < 4.78 is 5.62. The van der Waals surface area contributed by atoms with E-state index in [9.17, 15) is 5.11 Å². The van der Waals surface area contributed by atoms with Gasteiger partial charge in [-0.15, -0.1) is 0 Å². The summed E-state index contributed by atoms with van der Waals surface area (Å²) in [6, 6.07) is 0. The maximum Gasteiger partial charge on any atom is 0.0815 e. The molecule has 1 N–H and O–H groups in total. The minimum absolute atomic E-state index is 0.159. The van der Waals surface area contributed by atoms with Crippen LogP contribution in [0.3, 0.4) is 0 Å². The van der Waals surface area contributed by atoms with Crippen LogP contribution in [0.15, 0.2) is 12.2 Å². The molecule has 2 bridgehead atoms. The molecule has 11 heavy (non-hydrogen) atoms. The molecule has 0 radical (unpaired) electrons. The summed E-state index contributed by atoms with van der Waals surface area (Å²) in [7, 11) is 0. The van der Waals surface area contributed by atoms with Crippen molar-refractivity contribution < 1.29 is 9.84 Å². The van der Waals surface area contributed by atoms with E-state index in [0.29, 0.717) is 0 Å². The minimum atomic E-state index is -0.200. The monoisotopic (exact) mass is 154 g/mol. The van der Waals surface area contributed by atoms with Gasteiger partial charge in [-0.1, -0.05) is 26.0 Å². The van der Waals surface area contributed by atoms with Gasteiger partial charge in [-0.2, -0.15) is 0 Å². The Morgan fingerprint density at radius 3 is 2.00 bits per heavy atom. The third-order valence-corrected chi connectivity index (χ3v) is 2.92. The second kappa shape index (κ2) is 2.32. The molecule has 2 heteroatoms. The Balaban J connectivity index is 2.22. The smallest absolute Gasteiger partial charge is 0.0815 e. The number of hydrogen-bond acceptors (Lipinski definition) is 2. The summed E-state index contributed by atoms with van der Waals surface area (Å²) in [4.78, 5) is 0. The van der Waals surface area contributed by atoms with Crippen LogP contribution in [0.1, 0.15) is 13.8 Å². The Bertz CT molecular complexity index is 170. The fraction of sp³-hybridized carbons (Fsp3) is 0.778. The lowest BCUT2D eigenvalue weighted by Gasteiger charge is -2.36. The number of aliphatic hydroxyl groups excluding tert-OH is 1. The summed E-state index contributed by atoms with van der Waals surface area (Å²) in [5.74, 6) is 0.500. The molecule has 5 atom stereocenters. The van der Waals surface area contributed by atoms with Gasteiger partial charge in [0.05, 0.1) is 18.3 Å². The molecule has 1 saturated heterocycles. The van der Waals surface area contributed by atoms with Gasteiger partial charge >= 0.3 is 0 Å². The average molecular weight is 154 g/mol. The number of rotatable bonds is 0. The first-order valence-electron chi connectivity index (χ1n) is 4.22. The van der Waals surface area contributed by atoms with Gasteiger partial charge in [0, 0.05) is 11.8 Å². The molecule has 0 aromatic rings. The van der Waals surface area contributed by atoms with E-state index in [1.807, 2.05) is 13.8 Å². The van der Waals surface area contributed by atoms with Crippen molar-refractivity contribution in [1.82, 2.24) is 0 Å². The van der Waals surface area contributed by atoms with E-state index in [0.717, 1.165) is 0 Å². The zero-order valence-corrected chi connectivity index (χ0v) is 6.90. The summed E-state index contributed by atoms with van der Waals surface area (Å²) in [5, 5.41) is 9.71. The fourth-order valence-electron chi connectivity index (χ4n) is 1.96.